The van der Waals surface area contributed by atoms with Crippen LogP contribution in [0.25, 0.3) is 0 Å². The van der Waals surface area contributed by atoms with Crippen LogP contribution in [0.5, 0.6) is 0 Å². The zero-order chi connectivity index (χ0) is 15.8. The number of aliphatic imine (C=N–C) groups is 1. The van der Waals surface area contributed by atoms with Gasteiger partial charge in [0, 0.05) is 35.6 Å². The van der Waals surface area contributed by atoms with E-state index < -0.39 is 0 Å². The molecular weight excluding hydrogens is 316 g/mol. The molecule has 0 saturated heterocycles. The zero-order valence-electron chi connectivity index (χ0n) is 12.9. The number of nitrogens with one attached hydrogen (secondary N) is 2. The Morgan fingerprint density at radius 3 is 2.82 bits per heavy atom. The highest BCUT2D eigenvalue weighted by atomic mass is 35.5. The first kappa shape index (κ1) is 16.8. The zero-order valence-corrected chi connectivity index (χ0v) is 14.5. The lowest BCUT2D eigenvalue weighted by Gasteiger charge is -2.11. The van der Waals surface area contributed by atoms with E-state index in [4.69, 9.17) is 11.6 Å². The molecule has 0 radical (unpaired) electrons. The van der Waals surface area contributed by atoms with E-state index in [1.165, 1.54) is 4.88 Å². The van der Waals surface area contributed by atoms with Gasteiger partial charge in [-0.25, -0.2) is 9.98 Å². The average Bonchev–Trinajstić information content (AvgIpc) is 2.92. The number of rotatable bonds is 6. The average molecular weight is 337 g/mol. The molecular formula is C16H21ClN4S. The van der Waals surface area contributed by atoms with Crippen molar-refractivity contribution in [3.05, 3.63) is 50.9 Å². The van der Waals surface area contributed by atoms with Gasteiger partial charge in [-0.05, 0) is 25.5 Å². The lowest BCUT2D eigenvalue weighted by molar-refractivity contribution is 0.796. The number of benzene rings is 1. The van der Waals surface area contributed by atoms with Crippen molar-refractivity contribution in [3.8, 4) is 0 Å². The van der Waals surface area contributed by atoms with Crippen molar-refractivity contribution in [2.45, 2.75) is 26.8 Å². The Balaban J connectivity index is 1.88. The Bertz CT molecular complexity index is 624. The molecule has 0 unspecified atom stereocenters. The maximum atomic E-state index is 6.15. The summed E-state index contributed by atoms with van der Waals surface area (Å²) in [4.78, 5) is 10.2. The lowest BCUT2D eigenvalue weighted by atomic mass is 10.2. The van der Waals surface area contributed by atoms with Crippen molar-refractivity contribution in [2.24, 2.45) is 4.99 Å². The van der Waals surface area contributed by atoms with Crippen molar-refractivity contribution < 1.29 is 0 Å². The van der Waals surface area contributed by atoms with Gasteiger partial charge in [0.2, 0.25) is 0 Å². The van der Waals surface area contributed by atoms with Crippen LogP contribution in [0.4, 0.5) is 0 Å². The molecule has 1 aromatic heterocycles. The molecule has 1 aromatic carbocycles. The molecule has 2 aromatic rings. The first-order valence-electron chi connectivity index (χ1n) is 7.36. The van der Waals surface area contributed by atoms with E-state index in [9.17, 15) is 0 Å². The van der Waals surface area contributed by atoms with E-state index in [0.29, 0.717) is 6.54 Å². The van der Waals surface area contributed by atoms with Crippen LogP contribution < -0.4 is 10.6 Å². The third-order valence-corrected chi connectivity index (χ3v) is 4.35. The highest BCUT2D eigenvalue weighted by Crippen LogP contribution is 2.15. The smallest absolute Gasteiger partial charge is 0.191 e. The first-order chi connectivity index (χ1) is 10.7. The summed E-state index contributed by atoms with van der Waals surface area (Å²) >= 11 is 7.89. The maximum absolute atomic E-state index is 6.15. The quantitative estimate of drug-likeness (QED) is 0.628. The summed E-state index contributed by atoms with van der Waals surface area (Å²) in [6.07, 6.45) is 2.81. The predicted octanol–water partition coefficient (Wildman–Crippen LogP) is 3.40. The van der Waals surface area contributed by atoms with Gasteiger partial charge in [-0.3, -0.25) is 0 Å². The van der Waals surface area contributed by atoms with E-state index in [1.807, 2.05) is 30.5 Å². The number of aromatic nitrogens is 1. The molecule has 2 N–H and O–H groups in total. The standard InChI is InChI=1S/C16H21ClN4S/c1-3-18-16(19-9-8-15-20-10-12(2)22-15)21-11-13-6-4-5-7-14(13)17/h4-7,10H,3,8-9,11H2,1-2H3,(H2,18,19,21). The van der Waals surface area contributed by atoms with Crippen LogP contribution in [0.1, 0.15) is 22.4 Å². The predicted molar refractivity (Wildman–Crippen MR) is 94.8 cm³/mol. The van der Waals surface area contributed by atoms with Crippen LogP contribution in [0.3, 0.4) is 0 Å². The fourth-order valence-corrected chi connectivity index (χ4v) is 2.92. The van der Waals surface area contributed by atoms with E-state index in [0.717, 1.165) is 41.1 Å². The number of nitrogens with zero attached hydrogens (tertiary/aromatic N) is 2. The summed E-state index contributed by atoms with van der Waals surface area (Å²) in [6, 6.07) is 7.78. The summed E-state index contributed by atoms with van der Waals surface area (Å²) in [5.74, 6) is 0.802. The summed E-state index contributed by atoms with van der Waals surface area (Å²) < 4.78 is 0. The van der Waals surface area contributed by atoms with Crippen molar-refractivity contribution in [3.63, 3.8) is 0 Å². The summed E-state index contributed by atoms with van der Waals surface area (Å²) in [5, 5.41) is 8.47. The fraction of sp³-hybridized carbons (Fsp3) is 0.375. The number of aryl methyl sites for hydroxylation is 1. The molecule has 0 amide bonds. The lowest BCUT2D eigenvalue weighted by Crippen LogP contribution is -2.38. The van der Waals surface area contributed by atoms with Gasteiger partial charge in [0.05, 0.1) is 11.6 Å². The summed E-state index contributed by atoms with van der Waals surface area (Å²) in [5.41, 5.74) is 1.02. The summed E-state index contributed by atoms with van der Waals surface area (Å²) in [7, 11) is 0. The summed E-state index contributed by atoms with van der Waals surface area (Å²) in [6.45, 7) is 6.32. The topological polar surface area (TPSA) is 49.3 Å². The van der Waals surface area contributed by atoms with Gasteiger partial charge in [-0.1, -0.05) is 29.8 Å². The van der Waals surface area contributed by atoms with Gasteiger partial charge in [0.25, 0.3) is 0 Å². The second kappa shape index (κ2) is 8.76. The van der Waals surface area contributed by atoms with Crippen LogP contribution in [0.15, 0.2) is 35.5 Å². The Hall–Kier alpha value is -1.59. The maximum Gasteiger partial charge on any atom is 0.191 e. The van der Waals surface area contributed by atoms with Gasteiger partial charge in [0.1, 0.15) is 0 Å². The second-order valence-electron chi connectivity index (χ2n) is 4.83. The van der Waals surface area contributed by atoms with Crippen LogP contribution in [-0.4, -0.2) is 24.0 Å². The highest BCUT2D eigenvalue weighted by molar-refractivity contribution is 7.11. The van der Waals surface area contributed by atoms with E-state index in [1.54, 1.807) is 11.3 Å². The third kappa shape index (κ3) is 5.31. The van der Waals surface area contributed by atoms with Crippen molar-refractivity contribution in [1.29, 1.82) is 0 Å². The van der Waals surface area contributed by atoms with E-state index in [-0.39, 0.29) is 0 Å². The van der Waals surface area contributed by atoms with Crippen LogP contribution >= 0.6 is 22.9 Å². The molecule has 22 heavy (non-hydrogen) atoms. The molecule has 0 aliphatic carbocycles. The van der Waals surface area contributed by atoms with Gasteiger partial charge in [0.15, 0.2) is 5.96 Å². The molecule has 4 nitrogen and oxygen atoms in total. The molecule has 0 bridgehead atoms. The van der Waals surface area contributed by atoms with E-state index in [2.05, 4.69) is 34.5 Å². The van der Waals surface area contributed by atoms with Gasteiger partial charge >= 0.3 is 0 Å². The molecule has 1 heterocycles. The molecule has 0 spiro atoms. The fourth-order valence-electron chi connectivity index (χ4n) is 1.94. The van der Waals surface area contributed by atoms with Crippen LogP contribution in [0, 0.1) is 6.92 Å². The van der Waals surface area contributed by atoms with Crippen molar-refractivity contribution in [1.82, 2.24) is 15.6 Å². The monoisotopic (exact) mass is 336 g/mol. The van der Waals surface area contributed by atoms with Gasteiger partial charge in [-0.2, -0.15) is 0 Å². The van der Waals surface area contributed by atoms with Crippen LogP contribution in [0.2, 0.25) is 5.02 Å². The number of guanidine groups is 1. The number of thiazole rings is 1. The molecule has 118 valence electrons. The molecule has 0 aliphatic rings. The molecule has 2 rings (SSSR count). The Morgan fingerprint density at radius 1 is 1.32 bits per heavy atom. The highest BCUT2D eigenvalue weighted by Gasteiger charge is 2.02. The minimum absolute atomic E-state index is 0.561. The molecule has 0 saturated carbocycles. The minimum Gasteiger partial charge on any atom is -0.357 e. The largest absolute Gasteiger partial charge is 0.357 e. The normalized spacial score (nSPS) is 11.5. The van der Waals surface area contributed by atoms with Crippen molar-refractivity contribution >= 4 is 28.9 Å². The second-order valence-corrected chi connectivity index (χ2v) is 6.55. The number of halogens is 1. The molecule has 6 heteroatoms. The van der Waals surface area contributed by atoms with Gasteiger partial charge in [-0.15, -0.1) is 11.3 Å². The third-order valence-electron chi connectivity index (χ3n) is 3.01. The molecule has 0 aliphatic heterocycles. The Kier molecular flexibility index (Phi) is 6.68. The number of hydrogen-bond donors (Lipinski definition) is 2. The number of hydrogen-bond acceptors (Lipinski definition) is 3. The SMILES string of the molecule is CCNC(=NCc1ccccc1Cl)NCCc1ncc(C)s1. The Labute approximate surface area is 140 Å². The Morgan fingerprint density at radius 2 is 2.14 bits per heavy atom. The van der Waals surface area contributed by atoms with Crippen LogP contribution in [-0.2, 0) is 13.0 Å². The minimum atomic E-state index is 0.561. The van der Waals surface area contributed by atoms with Gasteiger partial charge < -0.3 is 10.6 Å². The molecule has 0 atom stereocenters. The first-order valence-corrected chi connectivity index (χ1v) is 8.55. The van der Waals surface area contributed by atoms with Crippen molar-refractivity contribution in [2.75, 3.05) is 13.1 Å². The van der Waals surface area contributed by atoms with E-state index >= 15 is 0 Å². The molecule has 0 fully saturated rings.